The van der Waals surface area contributed by atoms with Crippen LogP contribution >= 0.6 is 11.6 Å². The van der Waals surface area contributed by atoms with E-state index < -0.39 is 29.8 Å². The Hall–Kier alpha value is -2.91. The number of carbonyl (C=O) groups excluding carboxylic acids is 1. The molecule has 3 unspecified atom stereocenters. The van der Waals surface area contributed by atoms with E-state index >= 15 is 4.39 Å². The summed E-state index contributed by atoms with van der Waals surface area (Å²) in [4.78, 5) is 22.1. The summed E-state index contributed by atoms with van der Waals surface area (Å²) in [5.41, 5.74) is 7.67. The number of ether oxygens (including phenoxy) is 1. The van der Waals surface area contributed by atoms with Gasteiger partial charge in [-0.15, -0.1) is 0 Å². The zero-order valence-corrected chi connectivity index (χ0v) is 20.4. The molecule has 1 aliphatic carbocycles. The topological polar surface area (TPSA) is 115 Å². The maximum absolute atomic E-state index is 15.3. The lowest BCUT2D eigenvalue weighted by Gasteiger charge is -2.24. The second-order valence-electron chi connectivity index (χ2n) is 9.02. The van der Waals surface area contributed by atoms with Crippen molar-refractivity contribution >= 4 is 28.8 Å². The fourth-order valence-corrected chi connectivity index (χ4v) is 4.79. The molecule has 8 nitrogen and oxygen atoms in total. The smallest absolute Gasteiger partial charge is 0.258 e. The molecule has 34 heavy (non-hydrogen) atoms. The number of aryl methyl sites for hydroxylation is 1. The molecule has 3 aromatic rings. The van der Waals surface area contributed by atoms with Gasteiger partial charge < -0.3 is 20.9 Å². The molecule has 1 aliphatic rings. The molecule has 0 aliphatic heterocycles. The number of aromatic nitrogens is 3. The monoisotopic (exact) mass is 489 g/mol. The Morgan fingerprint density at radius 1 is 1.38 bits per heavy atom. The first-order valence-electron chi connectivity index (χ1n) is 11.4. The molecule has 1 saturated carbocycles. The van der Waals surface area contributed by atoms with Gasteiger partial charge in [-0.3, -0.25) is 9.20 Å². The van der Waals surface area contributed by atoms with Gasteiger partial charge in [0, 0.05) is 23.9 Å². The molecule has 0 bridgehead atoms. The summed E-state index contributed by atoms with van der Waals surface area (Å²) in [6.07, 6.45) is 4.31. The number of aliphatic hydroxyl groups is 1. The summed E-state index contributed by atoms with van der Waals surface area (Å²) in [7, 11) is 0. The molecule has 4 N–H and O–H groups in total. The Bertz CT molecular complexity index is 1250. The Kier molecular flexibility index (Phi) is 6.69. The van der Waals surface area contributed by atoms with Crippen LogP contribution < -0.4 is 15.8 Å². The Morgan fingerprint density at radius 2 is 2.12 bits per heavy atom. The van der Waals surface area contributed by atoms with Gasteiger partial charge in [-0.25, -0.2) is 14.4 Å². The Balaban J connectivity index is 1.86. The van der Waals surface area contributed by atoms with Crippen molar-refractivity contribution in [2.75, 3.05) is 5.73 Å². The van der Waals surface area contributed by atoms with Crippen LogP contribution in [0.2, 0.25) is 5.02 Å². The number of halogens is 2. The van der Waals surface area contributed by atoms with Gasteiger partial charge in [0.1, 0.15) is 28.5 Å². The molecule has 0 radical (unpaired) electrons. The van der Waals surface area contributed by atoms with Crippen molar-refractivity contribution in [3.05, 3.63) is 51.9 Å². The molecule has 1 aromatic carbocycles. The molecule has 2 heterocycles. The normalized spacial score (nSPS) is 19.1. The van der Waals surface area contributed by atoms with E-state index in [-0.39, 0.29) is 22.4 Å². The molecule has 0 spiro atoms. The maximum Gasteiger partial charge on any atom is 0.258 e. The van der Waals surface area contributed by atoms with Crippen LogP contribution in [-0.2, 0) is 0 Å². The van der Waals surface area contributed by atoms with Gasteiger partial charge in [-0.1, -0.05) is 18.5 Å². The van der Waals surface area contributed by atoms with Crippen LogP contribution in [-0.4, -0.2) is 43.6 Å². The summed E-state index contributed by atoms with van der Waals surface area (Å²) in [5.74, 6) is -0.903. The summed E-state index contributed by atoms with van der Waals surface area (Å²) in [6.45, 7) is 7.30. The van der Waals surface area contributed by atoms with Crippen molar-refractivity contribution < 1.29 is 19.0 Å². The quantitative estimate of drug-likeness (QED) is 0.482. The molecule has 1 fully saturated rings. The summed E-state index contributed by atoms with van der Waals surface area (Å²) in [5, 5.41) is 12.7. The number of nitrogens with one attached hydrogen (secondary N) is 1. The number of anilines is 1. The van der Waals surface area contributed by atoms with Crippen molar-refractivity contribution in [1.82, 2.24) is 19.7 Å². The fourth-order valence-electron chi connectivity index (χ4n) is 4.58. The third kappa shape index (κ3) is 4.30. The highest BCUT2D eigenvalue weighted by Crippen LogP contribution is 2.40. The van der Waals surface area contributed by atoms with E-state index in [0.29, 0.717) is 41.3 Å². The van der Waals surface area contributed by atoms with Gasteiger partial charge in [-0.05, 0) is 46.1 Å². The third-order valence-corrected chi connectivity index (χ3v) is 6.49. The first-order valence-corrected chi connectivity index (χ1v) is 11.7. The predicted molar refractivity (Wildman–Crippen MR) is 128 cm³/mol. The maximum atomic E-state index is 15.3. The molecule has 3 atom stereocenters. The number of aliphatic hydroxyl groups excluding tert-OH is 1. The van der Waals surface area contributed by atoms with E-state index in [1.165, 1.54) is 6.07 Å². The van der Waals surface area contributed by atoms with E-state index in [1.807, 2.05) is 18.2 Å². The van der Waals surface area contributed by atoms with Gasteiger partial charge in [-0.2, -0.15) is 0 Å². The molecular formula is C24H29ClFN5O3. The van der Waals surface area contributed by atoms with Crippen LogP contribution in [0, 0.1) is 12.7 Å². The van der Waals surface area contributed by atoms with Crippen molar-refractivity contribution in [3.8, 4) is 5.75 Å². The zero-order valence-electron chi connectivity index (χ0n) is 19.6. The van der Waals surface area contributed by atoms with E-state index in [0.717, 1.165) is 6.42 Å². The van der Waals surface area contributed by atoms with E-state index in [1.54, 1.807) is 26.2 Å². The number of rotatable bonds is 6. The lowest BCUT2D eigenvalue weighted by Crippen LogP contribution is -2.40. The van der Waals surface area contributed by atoms with Crippen LogP contribution in [0.15, 0.2) is 18.5 Å². The second-order valence-corrected chi connectivity index (χ2v) is 9.43. The average Bonchev–Trinajstić information content (AvgIpc) is 3.33. The van der Waals surface area contributed by atoms with Crippen molar-refractivity contribution in [2.45, 2.75) is 71.1 Å². The number of fused-ring (bicyclic) bond motifs is 1. The number of imidazole rings is 1. The standard InChI is InChI=1S/C24H29ClFN5O3/c1-11(2)34-21-14(12(3)23-29-13(4)20-22(27)28-8-9-31(20)23)10-15(25)19(26)18(21)24(33)30-16-6-5-7-17(16)32/h8-12,16-17,32H,5-7H2,1-4H3,(H2,27,28)(H,30,33). The van der Waals surface area contributed by atoms with Gasteiger partial charge in [0.15, 0.2) is 5.82 Å². The summed E-state index contributed by atoms with van der Waals surface area (Å²) in [6, 6.07) is 1.02. The lowest BCUT2D eigenvalue weighted by molar-refractivity contribution is 0.0863. The van der Waals surface area contributed by atoms with Crippen LogP contribution in [0.5, 0.6) is 5.75 Å². The number of amides is 1. The number of nitrogens with two attached hydrogens (primary N) is 1. The number of benzene rings is 1. The molecule has 182 valence electrons. The number of hydrogen-bond donors (Lipinski definition) is 3. The third-order valence-electron chi connectivity index (χ3n) is 6.22. The fraction of sp³-hybridized carbons (Fsp3) is 0.458. The minimum atomic E-state index is -0.865. The Morgan fingerprint density at radius 3 is 2.76 bits per heavy atom. The van der Waals surface area contributed by atoms with Crippen molar-refractivity contribution in [1.29, 1.82) is 0 Å². The van der Waals surface area contributed by atoms with E-state index in [2.05, 4.69) is 15.3 Å². The van der Waals surface area contributed by atoms with Gasteiger partial charge in [0.25, 0.3) is 5.91 Å². The zero-order chi connectivity index (χ0) is 24.7. The highest BCUT2D eigenvalue weighted by Gasteiger charge is 2.33. The predicted octanol–water partition coefficient (Wildman–Crippen LogP) is 3.99. The van der Waals surface area contributed by atoms with Crippen LogP contribution in [0.3, 0.4) is 0 Å². The highest BCUT2D eigenvalue weighted by atomic mass is 35.5. The van der Waals surface area contributed by atoms with Crippen molar-refractivity contribution in [2.24, 2.45) is 0 Å². The van der Waals surface area contributed by atoms with Gasteiger partial charge >= 0.3 is 0 Å². The SMILES string of the molecule is Cc1nc(C(C)c2cc(Cl)c(F)c(C(=O)NC3CCCC3O)c2OC(C)C)n2ccnc(N)c12. The first kappa shape index (κ1) is 24.2. The molecule has 1 amide bonds. The second kappa shape index (κ2) is 9.38. The molecule has 2 aromatic heterocycles. The number of hydrogen-bond acceptors (Lipinski definition) is 6. The summed E-state index contributed by atoms with van der Waals surface area (Å²) >= 11 is 6.28. The molecule has 0 saturated heterocycles. The van der Waals surface area contributed by atoms with E-state index in [4.69, 9.17) is 22.1 Å². The van der Waals surface area contributed by atoms with Gasteiger partial charge in [0.2, 0.25) is 0 Å². The largest absolute Gasteiger partial charge is 0.490 e. The molecular weight excluding hydrogens is 461 g/mol. The minimum absolute atomic E-state index is 0.103. The number of carbonyl (C=O) groups is 1. The van der Waals surface area contributed by atoms with E-state index in [9.17, 15) is 9.90 Å². The molecule has 10 heteroatoms. The minimum Gasteiger partial charge on any atom is -0.490 e. The van der Waals surface area contributed by atoms with Crippen LogP contribution in [0.25, 0.3) is 5.52 Å². The number of nitrogen functional groups attached to an aromatic ring is 1. The summed E-state index contributed by atoms with van der Waals surface area (Å²) < 4.78 is 23.1. The van der Waals surface area contributed by atoms with Crippen LogP contribution in [0.4, 0.5) is 10.2 Å². The lowest BCUT2D eigenvalue weighted by atomic mass is 9.95. The molecule has 4 rings (SSSR count). The average molecular weight is 490 g/mol. The van der Waals surface area contributed by atoms with Gasteiger partial charge in [0.05, 0.1) is 29.0 Å². The first-order chi connectivity index (χ1) is 16.1. The van der Waals surface area contributed by atoms with Crippen molar-refractivity contribution in [3.63, 3.8) is 0 Å². The Labute approximate surface area is 202 Å². The number of nitrogens with zero attached hydrogens (tertiary/aromatic N) is 3. The van der Waals surface area contributed by atoms with Crippen LogP contribution in [0.1, 0.15) is 73.4 Å². The highest BCUT2D eigenvalue weighted by molar-refractivity contribution is 6.31.